The van der Waals surface area contributed by atoms with Crippen LogP contribution in [0.4, 0.5) is 5.82 Å². The summed E-state index contributed by atoms with van der Waals surface area (Å²) in [5, 5.41) is 11.2. The highest BCUT2D eigenvalue weighted by Gasteiger charge is 2.20. The Hall–Kier alpha value is -3.60. The third-order valence-electron chi connectivity index (χ3n) is 6.86. The van der Waals surface area contributed by atoms with Crippen molar-refractivity contribution >= 4 is 41.2 Å². The number of aromatic nitrogens is 2. The van der Waals surface area contributed by atoms with Crippen LogP contribution >= 0.6 is 7.60 Å². The molecule has 5 N–H and O–H groups in total. The van der Waals surface area contributed by atoms with E-state index in [2.05, 4.69) is 16.9 Å². The van der Waals surface area contributed by atoms with Crippen molar-refractivity contribution in [3.05, 3.63) is 71.4 Å². The first-order chi connectivity index (χ1) is 20.1. The number of nitrogens with two attached hydrogens (primary N) is 1. The van der Waals surface area contributed by atoms with E-state index in [1.807, 2.05) is 48.5 Å². The van der Waals surface area contributed by atoms with Gasteiger partial charge in [0.2, 0.25) is 0 Å². The van der Waals surface area contributed by atoms with Gasteiger partial charge in [0.05, 0.1) is 38.1 Å². The van der Waals surface area contributed by atoms with Crippen molar-refractivity contribution in [2.75, 3.05) is 44.9 Å². The molecule has 0 amide bonds. The molecule has 2 aromatic heterocycles. The van der Waals surface area contributed by atoms with Crippen LogP contribution in [0.2, 0.25) is 0 Å². The number of carboxylic acids is 1. The molecule has 0 aliphatic rings. The Morgan fingerprint density at radius 1 is 1.00 bits per heavy atom. The van der Waals surface area contributed by atoms with Gasteiger partial charge in [-0.2, -0.15) is 0 Å². The number of fused-ring (bicyclic) bond motifs is 3. The molecule has 1 atom stereocenters. The fourth-order valence-corrected chi connectivity index (χ4v) is 5.22. The number of para-hydroxylation sites is 1. The van der Waals surface area contributed by atoms with Gasteiger partial charge >= 0.3 is 13.6 Å². The smallest absolute Gasteiger partial charge is 0.327 e. The van der Waals surface area contributed by atoms with E-state index in [-0.39, 0.29) is 31.7 Å². The molecule has 224 valence electrons. The molecular weight excluding hydrogens is 561 g/mol. The van der Waals surface area contributed by atoms with E-state index in [4.69, 9.17) is 29.7 Å². The Balaban J connectivity index is 1.38. The zero-order valence-corrected chi connectivity index (χ0v) is 24.3. The van der Waals surface area contributed by atoms with E-state index in [0.717, 1.165) is 39.4 Å². The first-order valence-electron chi connectivity index (χ1n) is 13.7. The number of rotatable bonds is 16. The standard InChI is InChI=1S/C30H36N3O8P/c1-20(18-21-6-8-22(9-7-21)41-15-14-39-12-13-40-16-17-42(36,37)38)25-19-32-29-28(23(25)10-11-27(34)35)24-4-2-3-5-26(24)33-30(29)31/h2-9,19-20H,10-18H2,1H3,(H2,31,33)(H,34,35)(H2,36,37,38). The molecule has 0 aliphatic carbocycles. The van der Waals surface area contributed by atoms with Gasteiger partial charge < -0.3 is 34.8 Å². The summed E-state index contributed by atoms with van der Waals surface area (Å²) in [5.74, 6) is 0.226. The van der Waals surface area contributed by atoms with Crippen LogP contribution in [-0.4, -0.2) is 70.0 Å². The van der Waals surface area contributed by atoms with E-state index in [1.54, 1.807) is 6.20 Å². The van der Waals surface area contributed by atoms with Crippen molar-refractivity contribution in [1.82, 2.24) is 9.97 Å². The van der Waals surface area contributed by atoms with Crippen molar-refractivity contribution in [3.63, 3.8) is 0 Å². The third-order valence-corrected chi connectivity index (χ3v) is 7.62. The molecular formula is C30H36N3O8P. The van der Waals surface area contributed by atoms with Crippen LogP contribution in [0.15, 0.2) is 54.7 Å². The number of nitrogen functional groups attached to an aromatic ring is 1. The summed E-state index contributed by atoms with van der Waals surface area (Å²) in [5.41, 5.74) is 10.6. The van der Waals surface area contributed by atoms with Gasteiger partial charge in [0.1, 0.15) is 17.9 Å². The molecule has 0 saturated heterocycles. The summed E-state index contributed by atoms with van der Waals surface area (Å²) in [7, 11) is -4.04. The number of carboxylic acid groups (broad SMARTS) is 1. The van der Waals surface area contributed by atoms with E-state index < -0.39 is 13.6 Å². The van der Waals surface area contributed by atoms with Crippen LogP contribution in [0.5, 0.6) is 5.75 Å². The first-order valence-corrected chi connectivity index (χ1v) is 15.5. The van der Waals surface area contributed by atoms with Crippen LogP contribution < -0.4 is 10.5 Å². The molecule has 0 radical (unpaired) electrons. The molecule has 4 rings (SSSR count). The molecule has 42 heavy (non-hydrogen) atoms. The predicted octanol–water partition coefficient (Wildman–Crippen LogP) is 4.32. The van der Waals surface area contributed by atoms with Gasteiger partial charge in [-0.25, -0.2) is 4.98 Å². The maximum absolute atomic E-state index is 11.5. The largest absolute Gasteiger partial charge is 0.491 e. The molecule has 4 aromatic rings. The summed E-state index contributed by atoms with van der Waals surface area (Å²) < 4.78 is 27.1. The number of hydrogen-bond donors (Lipinski definition) is 4. The highest BCUT2D eigenvalue weighted by Crippen LogP contribution is 2.35. The number of aliphatic carboxylic acids is 1. The molecule has 0 fully saturated rings. The summed E-state index contributed by atoms with van der Waals surface area (Å²) in [6.07, 6.45) is 2.57. The van der Waals surface area contributed by atoms with Crippen LogP contribution in [-0.2, 0) is 31.7 Å². The topological polar surface area (TPSA) is 174 Å². The molecule has 0 bridgehead atoms. The van der Waals surface area contributed by atoms with Gasteiger partial charge in [-0.1, -0.05) is 37.3 Å². The van der Waals surface area contributed by atoms with Crippen LogP contribution in [0, 0.1) is 0 Å². The lowest BCUT2D eigenvalue weighted by atomic mass is 9.87. The number of anilines is 1. The van der Waals surface area contributed by atoms with Crippen LogP contribution in [0.1, 0.15) is 36.0 Å². The van der Waals surface area contributed by atoms with Crippen LogP contribution in [0.25, 0.3) is 21.8 Å². The molecule has 0 saturated carbocycles. The number of nitrogens with zero attached hydrogens (tertiary/aromatic N) is 2. The number of carbonyl (C=O) groups is 1. The van der Waals surface area contributed by atoms with Crippen LogP contribution in [0.3, 0.4) is 0 Å². The minimum absolute atomic E-state index is 0.00519. The lowest BCUT2D eigenvalue weighted by Gasteiger charge is -2.20. The number of aryl methyl sites for hydroxylation is 1. The van der Waals surface area contributed by atoms with Crippen molar-refractivity contribution in [2.24, 2.45) is 0 Å². The number of benzene rings is 2. The Kier molecular flexibility index (Phi) is 10.8. The number of pyridine rings is 2. The van der Waals surface area contributed by atoms with Gasteiger partial charge in [0.25, 0.3) is 0 Å². The molecule has 1 unspecified atom stereocenters. The molecule has 12 heteroatoms. The third kappa shape index (κ3) is 8.70. The normalized spacial score (nSPS) is 12.5. The lowest BCUT2D eigenvalue weighted by molar-refractivity contribution is -0.136. The predicted molar refractivity (Wildman–Crippen MR) is 160 cm³/mol. The van der Waals surface area contributed by atoms with Crippen molar-refractivity contribution in [2.45, 2.75) is 32.1 Å². The van der Waals surface area contributed by atoms with Gasteiger partial charge in [0, 0.05) is 23.4 Å². The minimum Gasteiger partial charge on any atom is -0.491 e. The monoisotopic (exact) mass is 597 g/mol. The van der Waals surface area contributed by atoms with Crippen molar-refractivity contribution in [1.29, 1.82) is 0 Å². The van der Waals surface area contributed by atoms with E-state index in [0.29, 0.717) is 43.3 Å². The van der Waals surface area contributed by atoms with Gasteiger partial charge in [-0.15, -0.1) is 0 Å². The Morgan fingerprint density at radius 3 is 2.40 bits per heavy atom. The van der Waals surface area contributed by atoms with E-state index in [9.17, 15) is 14.5 Å². The second-order valence-electron chi connectivity index (χ2n) is 10.0. The number of hydrogen-bond acceptors (Lipinski definition) is 8. The SMILES string of the molecule is CC(Cc1ccc(OCCOCCOCCP(=O)(O)O)cc1)c1cnc2c(N)nc3ccccc3c2c1CCC(=O)O. The van der Waals surface area contributed by atoms with Gasteiger partial charge in [-0.05, 0) is 53.6 Å². The number of ether oxygens (including phenoxy) is 3. The Morgan fingerprint density at radius 2 is 1.69 bits per heavy atom. The van der Waals surface area contributed by atoms with E-state index in [1.165, 1.54) is 0 Å². The average Bonchev–Trinajstić information content (AvgIpc) is 2.95. The van der Waals surface area contributed by atoms with Crippen molar-refractivity contribution < 1.29 is 38.5 Å². The molecule has 2 heterocycles. The summed E-state index contributed by atoms with van der Waals surface area (Å²) in [4.78, 5) is 38.3. The Bertz CT molecular complexity index is 1560. The fourth-order valence-electron chi connectivity index (χ4n) is 4.85. The summed E-state index contributed by atoms with van der Waals surface area (Å²) >= 11 is 0. The highest BCUT2D eigenvalue weighted by molar-refractivity contribution is 7.51. The second-order valence-corrected chi connectivity index (χ2v) is 11.8. The molecule has 2 aromatic carbocycles. The van der Waals surface area contributed by atoms with Gasteiger partial charge in [0.15, 0.2) is 5.82 Å². The maximum Gasteiger partial charge on any atom is 0.327 e. The van der Waals surface area contributed by atoms with E-state index >= 15 is 0 Å². The molecule has 11 nitrogen and oxygen atoms in total. The first kappa shape index (κ1) is 31.3. The molecule has 0 spiro atoms. The zero-order valence-electron chi connectivity index (χ0n) is 23.4. The summed E-state index contributed by atoms with van der Waals surface area (Å²) in [6.45, 7) is 3.34. The average molecular weight is 598 g/mol. The quantitative estimate of drug-likeness (QED) is 0.0823. The van der Waals surface area contributed by atoms with Crippen molar-refractivity contribution in [3.8, 4) is 5.75 Å². The molecule has 0 aliphatic heterocycles. The Labute approximate surface area is 243 Å². The van der Waals surface area contributed by atoms with Gasteiger partial charge in [-0.3, -0.25) is 14.3 Å². The highest BCUT2D eigenvalue weighted by atomic mass is 31.2. The summed E-state index contributed by atoms with van der Waals surface area (Å²) in [6, 6.07) is 15.5. The lowest BCUT2D eigenvalue weighted by Crippen LogP contribution is -2.12. The second kappa shape index (κ2) is 14.5. The maximum atomic E-state index is 11.5. The minimum atomic E-state index is -4.04. The zero-order chi connectivity index (χ0) is 30.1. The fraction of sp³-hybridized carbons (Fsp3) is 0.367.